The molecule has 0 saturated carbocycles. The number of hydrogen-bond donors (Lipinski definition) is 0. The van der Waals surface area contributed by atoms with Crippen LogP contribution in [0.4, 0.5) is 0 Å². The first-order valence-corrected chi connectivity index (χ1v) is 18.8. The SMILES string of the molecule is c1ccc(-c2cccc(-c3ccc(-n4c5ccccc5c5cc6oc7c(-c8nc(-c9ccccc9)nc(-c9ccccc9)n8)cccc7c6cc54)cc3)c2)cc1. The molecule has 0 aliphatic carbocycles. The van der Waals surface area contributed by atoms with E-state index < -0.39 is 0 Å². The molecule has 0 unspecified atom stereocenters. The van der Waals surface area contributed by atoms with E-state index in [4.69, 9.17) is 19.4 Å². The normalized spacial score (nSPS) is 11.6. The summed E-state index contributed by atoms with van der Waals surface area (Å²) in [5.41, 5.74) is 12.4. The summed E-state index contributed by atoms with van der Waals surface area (Å²) in [4.78, 5) is 14.9. The summed E-state index contributed by atoms with van der Waals surface area (Å²) < 4.78 is 9.16. The molecule has 0 N–H and O–H groups in total. The maximum atomic E-state index is 6.80. The smallest absolute Gasteiger partial charge is 0.167 e. The second-order valence-electron chi connectivity index (χ2n) is 14.0. The average molecular weight is 717 g/mol. The van der Waals surface area contributed by atoms with E-state index >= 15 is 0 Å². The second kappa shape index (κ2) is 13.0. The molecule has 0 fully saturated rings. The third-order valence-electron chi connectivity index (χ3n) is 10.7. The third kappa shape index (κ3) is 5.37. The van der Waals surface area contributed by atoms with Crippen molar-refractivity contribution < 1.29 is 4.42 Å². The molecule has 0 bridgehead atoms. The van der Waals surface area contributed by atoms with E-state index in [1.165, 1.54) is 27.6 Å². The molecular formula is C51H32N4O. The molecule has 5 nitrogen and oxygen atoms in total. The summed E-state index contributed by atoms with van der Waals surface area (Å²) in [5, 5.41) is 4.34. The van der Waals surface area contributed by atoms with Crippen LogP contribution in [-0.4, -0.2) is 19.5 Å². The summed E-state index contributed by atoms with van der Waals surface area (Å²) >= 11 is 0. The van der Waals surface area contributed by atoms with Crippen LogP contribution in [0.5, 0.6) is 0 Å². The zero-order chi connectivity index (χ0) is 37.0. The van der Waals surface area contributed by atoms with Crippen LogP contribution < -0.4 is 0 Å². The number of nitrogens with zero attached hydrogens (tertiary/aromatic N) is 4. The fraction of sp³-hybridized carbons (Fsp3) is 0. The number of fused-ring (bicyclic) bond motifs is 6. The van der Waals surface area contributed by atoms with Gasteiger partial charge < -0.3 is 8.98 Å². The zero-order valence-electron chi connectivity index (χ0n) is 30.2. The van der Waals surface area contributed by atoms with Crippen LogP contribution in [0.3, 0.4) is 0 Å². The predicted molar refractivity (Wildman–Crippen MR) is 229 cm³/mol. The van der Waals surface area contributed by atoms with Crippen LogP contribution in [0.1, 0.15) is 0 Å². The van der Waals surface area contributed by atoms with Crippen molar-refractivity contribution in [2.24, 2.45) is 0 Å². The lowest BCUT2D eigenvalue weighted by atomic mass is 9.99. The van der Waals surface area contributed by atoms with Crippen molar-refractivity contribution in [2.75, 3.05) is 0 Å². The summed E-state index contributed by atoms with van der Waals surface area (Å²) in [6, 6.07) is 67.6. The first-order valence-electron chi connectivity index (χ1n) is 18.8. The quantitative estimate of drug-likeness (QED) is 0.172. The molecule has 8 aromatic carbocycles. The van der Waals surface area contributed by atoms with Gasteiger partial charge >= 0.3 is 0 Å². The molecule has 56 heavy (non-hydrogen) atoms. The van der Waals surface area contributed by atoms with Crippen LogP contribution in [0.15, 0.2) is 199 Å². The molecule has 0 amide bonds. The Kier molecular flexibility index (Phi) is 7.42. The van der Waals surface area contributed by atoms with Gasteiger partial charge in [0.15, 0.2) is 17.5 Å². The second-order valence-corrected chi connectivity index (χ2v) is 14.0. The molecule has 262 valence electrons. The van der Waals surface area contributed by atoms with Crippen molar-refractivity contribution in [1.82, 2.24) is 19.5 Å². The van der Waals surface area contributed by atoms with Crippen molar-refractivity contribution in [3.05, 3.63) is 194 Å². The molecule has 0 aliphatic rings. The van der Waals surface area contributed by atoms with Gasteiger partial charge in [0.05, 0.1) is 16.6 Å². The molecule has 5 heteroatoms. The van der Waals surface area contributed by atoms with Crippen LogP contribution in [-0.2, 0) is 0 Å². The Bertz CT molecular complexity index is 3160. The zero-order valence-corrected chi connectivity index (χ0v) is 30.2. The summed E-state index contributed by atoms with van der Waals surface area (Å²) in [7, 11) is 0. The Morgan fingerprint density at radius 2 is 0.875 bits per heavy atom. The molecule has 0 saturated heterocycles. The lowest BCUT2D eigenvalue weighted by molar-refractivity contribution is 0.670. The van der Waals surface area contributed by atoms with Gasteiger partial charge in [-0.05, 0) is 64.7 Å². The van der Waals surface area contributed by atoms with Gasteiger partial charge in [-0.1, -0.05) is 152 Å². The van der Waals surface area contributed by atoms with Crippen molar-refractivity contribution in [2.45, 2.75) is 0 Å². The number of furan rings is 1. The number of benzene rings is 8. The van der Waals surface area contributed by atoms with Gasteiger partial charge in [-0.3, -0.25) is 0 Å². The lowest BCUT2D eigenvalue weighted by Crippen LogP contribution is -2.00. The van der Waals surface area contributed by atoms with Crippen molar-refractivity contribution in [1.29, 1.82) is 0 Å². The fourth-order valence-electron chi connectivity index (χ4n) is 7.95. The number of aromatic nitrogens is 4. The Morgan fingerprint density at radius 3 is 1.55 bits per heavy atom. The summed E-state index contributed by atoms with van der Waals surface area (Å²) in [6.45, 7) is 0. The number of hydrogen-bond acceptors (Lipinski definition) is 4. The maximum Gasteiger partial charge on any atom is 0.167 e. The molecule has 0 spiro atoms. The molecule has 0 radical (unpaired) electrons. The van der Waals surface area contributed by atoms with Crippen LogP contribution >= 0.6 is 0 Å². The number of para-hydroxylation sites is 2. The summed E-state index contributed by atoms with van der Waals surface area (Å²) in [5.74, 6) is 1.80. The third-order valence-corrected chi connectivity index (χ3v) is 10.7. The number of rotatable bonds is 6. The lowest BCUT2D eigenvalue weighted by Gasteiger charge is -2.10. The van der Waals surface area contributed by atoms with Gasteiger partial charge in [0.1, 0.15) is 11.2 Å². The van der Waals surface area contributed by atoms with Crippen molar-refractivity contribution in [3.63, 3.8) is 0 Å². The molecule has 0 aliphatic heterocycles. The molecular weight excluding hydrogens is 685 g/mol. The highest BCUT2D eigenvalue weighted by atomic mass is 16.3. The van der Waals surface area contributed by atoms with E-state index in [1.807, 2.05) is 66.7 Å². The van der Waals surface area contributed by atoms with Gasteiger partial charge in [-0.25, -0.2) is 15.0 Å². The predicted octanol–water partition coefficient (Wildman–Crippen LogP) is 13.2. The van der Waals surface area contributed by atoms with E-state index in [2.05, 4.69) is 132 Å². The van der Waals surface area contributed by atoms with E-state index in [9.17, 15) is 0 Å². The average Bonchev–Trinajstić information content (AvgIpc) is 3.81. The van der Waals surface area contributed by atoms with Gasteiger partial charge in [0, 0.05) is 38.4 Å². The Morgan fingerprint density at radius 1 is 0.339 bits per heavy atom. The van der Waals surface area contributed by atoms with Crippen LogP contribution in [0, 0.1) is 0 Å². The highest BCUT2D eigenvalue weighted by molar-refractivity contribution is 6.18. The minimum Gasteiger partial charge on any atom is -0.455 e. The van der Waals surface area contributed by atoms with Gasteiger partial charge in [-0.15, -0.1) is 0 Å². The monoisotopic (exact) mass is 716 g/mol. The Balaban J connectivity index is 1.06. The van der Waals surface area contributed by atoms with Crippen LogP contribution in [0.25, 0.3) is 106 Å². The van der Waals surface area contributed by atoms with E-state index in [0.717, 1.165) is 60.7 Å². The topological polar surface area (TPSA) is 56.7 Å². The minimum atomic E-state index is 0.566. The summed E-state index contributed by atoms with van der Waals surface area (Å²) in [6.07, 6.45) is 0. The fourth-order valence-corrected chi connectivity index (χ4v) is 7.95. The maximum absolute atomic E-state index is 6.80. The first-order chi connectivity index (χ1) is 27.7. The van der Waals surface area contributed by atoms with Crippen molar-refractivity contribution >= 4 is 43.7 Å². The molecule has 11 rings (SSSR count). The van der Waals surface area contributed by atoms with Gasteiger partial charge in [0.2, 0.25) is 0 Å². The Labute approximate surface area is 322 Å². The van der Waals surface area contributed by atoms with E-state index in [-0.39, 0.29) is 0 Å². The minimum absolute atomic E-state index is 0.566. The largest absolute Gasteiger partial charge is 0.455 e. The van der Waals surface area contributed by atoms with Gasteiger partial charge in [0.25, 0.3) is 0 Å². The molecule has 11 aromatic rings. The molecule has 3 aromatic heterocycles. The first kappa shape index (κ1) is 31.9. The van der Waals surface area contributed by atoms with Crippen LogP contribution in [0.2, 0.25) is 0 Å². The van der Waals surface area contributed by atoms with Crippen molar-refractivity contribution in [3.8, 4) is 62.1 Å². The van der Waals surface area contributed by atoms with E-state index in [0.29, 0.717) is 17.5 Å². The molecule has 0 atom stereocenters. The Hall–Kier alpha value is -7.63. The standard InChI is InChI=1S/C51H32N4O/c1-4-14-33(15-5-1)37-20-12-21-38(30-37)34-26-28-39(29-27-34)55-45-25-11-10-22-40(45)43-32-47-44(31-46(43)55)41-23-13-24-42(48(41)56-47)51-53-49(35-16-6-2-7-17-35)52-50(54-51)36-18-8-3-9-19-36/h1-32H. The van der Waals surface area contributed by atoms with Gasteiger partial charge in [-0.2, -0.15) is 0 Å². The molecule has 3 heterocycles. The highest BCUT2D eigenvalue weighted by Gasteiger charge is 2.20. The highest BCUT2D eigenvalue weighted by Crippen LogP contribution is 2.41. The van der Waals surface area contributed by atoms with E-state index in [1.54, 1.807) is 0 Å².